The number of halogens is 3. The van der Waals surface area contributed by atoms with Crippen LogP contribution in [-0.4, -0.2) is 57.9 Å². The van der Waals surface area contributed by atoms with Crippen LogP contribution in [0.4, 0.5) is 23.8 Å². The second-order valence-corrected chi connectivity index (χ2v) is 12.3. The van der Waals surface area contributed by atoms with E-state index in [1.165, 1.54) is 12.3 Å². The lowest BCUT2D eigenvalue weighted by atomic mass is 9.93. The Bertz CT molecular complexity index is 1740. The standard InChI is InChI=1S/C31H33F3N6O3S/c1-18(2)36-30(43)38-27-13-22(29-37-26(17-44-29)31(32,33)34)24(14-35-27)20-4-5-25-23(12-20)28(42)21(16-41)15-40(25)11-8-19-6-9-39(3)10-7-19/h4-5,12-19H,6-11H2,1-3H3,(H2,35,36,38,43). The lowest BCUT2D eigenvalue weighted by Gasteiger charge is -2.29. The molecule has 232 valence electrons. The fraction of sp³-hybridized carbons (Fsp3) is 0.387. The fourth-order valence-electron chi connectivity index (χ4n) is 5.40. The van der Waals surface area contributed by atoms with Crippen molar-refractivity contribution in [2.75, 3.05) is 25.5 Å². The van der Waals surface area contributed by atoms with E-state index >= 15 is 0 Å². The number of piperidine rings is 1. The number of rotatable bonds is 8. The Morgan fingerprint density at radius 3 is 2.59 bits per heavy atom. The summed E-state index contributed by atoms with van der Waals surface area (Å²) in [5.41, 5.74) is 0.440. The third-order valence-corrected chi connectivity index (χ3v) is 8.63. The molecule has 2 N–H and O–H groups in total. The molecule has 1 fully saturated rings. The zero-order valence-electron chi connectivity index (χ0n) is 24.6. The van der Waals surface area contributed by atoms with Crippen molar-refractivity contribution < 1.29 is 22.8 Å². The van der Waals surface area contributed by atoms with Crippen LogP contribution in [0.25, 0.3) is 32.6 Å². The Labute approximate surface area is 256 Å². The molecule has 0 spiro atoms. The Hall–Kier alpha value is -4.10. The molecule has 13 heteroatoms. The number of nitrogens with zero attached hydrogens (tertiary/aromatic N) is 4. The molecule has 1 saturated heterocycles. The monoisotopic (exact) mass is 626 g/mol. The van der Waals surface area contributed by atoms with Crippen molar-refractivity contribution in [3.63, 3.8) is 0 Å². The molecule has 2 amide bonds. The molecular weight excluding hydrogens is 593 g/mol. The number of pyridine rings is 2. The van der Waals surface area contributed by atoms with Gasteiger partial charge in [0.1, 0.15) is 10.8 Å². The van der Waals surface area contributed by atoms with Crippen molar-refractivity contribution >= 4 is 40.4 Å². The summed E-state index contributed by atoms with van der Waals surface area (Å²) in [5, 5.41) is 6.59. The van der Waals surface area contributed by atoms with Crippen LogP contribution in [0, 0.1) is 5.92 Å². The van der Waals surface area contributed by atoms with Crippen molar-refractivity contribution in [2.45, 2.75) is 51.9 Å². The van der Waals surface area contributed by atoms with E-state index in [-0.39, 0.29) is 22.4 Å². The van der Waals surface area contributed by atoms with Crippen LogP contribution < -0.4 is 16.1 Å². The van der Waals surface area contributed by atoms with Crippen LogP contribution in [0.1, 0.15) is 49.2 Å². The lowest BCUT2D eigenvalue weighted by molar-refractivity contribution is -0.140. The van der Waals surface area contributed by atoms with Gasteiger partial charge in [0.05, 0.1) is 11.1 Å². The molecule has 4 aromatic rings. The number of amides is 2. The van der Waals surface area contributed by atoms with Gasteiger partial charge in [-0.1, -0.05) is 6.07 Å². The second-order valence-electron chi connectivity index (χ2n) is 11.4. The highest BCUT2D eigenvalue weighted by Crippen LogP contribution is 2.39. The fourth-order valence-corrected chi connectivity index (χ4v) is 6.26. The smallest absolute Gasteiger partial charge is 0.347 e. The van der Waals surface area contributed by atoms with Gasteiger partial charge in [-0.3, -0.25) is 14.9 Å². The molecule has 0 atom stereocenters. The number of alkyl halides is 3. The molecule has 4 heterocycles. The van der Waals surface area contributed by atoms with Crippen LogP contribution in [0.2, 0.25) is 0 Å². The van der Waals surface area contributed by atoms with E-state index in [9.17, 15) is 27.6 Å². The van der Waals surface area contributed by atoms with Crippen molar-refractivity contribution in [1.29, 1.82) is 0 Å². The van der Waals surface area contributed by atoms with Crippen molar-refractivity contribution in [1.82, 2.24) is 24.8 Å². The summed E-state index contributed by atoms with van der Waals surface area (Å²) in [6.07, 6.45) is 2.02. The van der Waals surface area contributed by atoms with Crippen molar-refractivity contribution in [3.05, 3.63) is 63.5 Å². The molecule has 44 heavy (non-hydrogen) atoms. The Kier molecular flexibility index (Phi) is 9.16. The third kappa shape index (κ3) is 6.99. The average molecular weight is 627 g/mol. The maximum Gasteiger partial charge on any atom is 0.434 e. The van der Waals surface area contributed by atoms with Crippen molar-refractivity contribution in [3.8, 4) is 21.7 Å². The van der Waals surface area contributed by atoms with E-state index in [1.54, 1.807) is 38.2 Å². The quantitative estimate of drug-likeness (QED) is 0.223. The molecule has 3 aromatic heterocycles. The molecule has 1 aliphatic heterocycles. The summed E-state index contributed by atoms with van der Waals surface area (Å²) >= 11 is 0.810. The number of anilines is 1. The summed E-state index contributed by atoms with van der Waals surface area (Å²) in [6, 6.07) is 5.98. The Balaban J connectivity index is 1.56. The predicted octanol–water partition coefficient (Wildman–Crippen LogP) is 6.28. The SMILES string of the molecule is CC(C)NC(=O)Nc1cc(-c2nc(C(F)(F)F)cs2)c(-c2ccc3c(c2)c(=O)c(C=O)cn3CCC2CCN(C)CC2)cn1. The van der Waals surface area contributed by atoms with E-state index in [0.717, 1.165) is 49.1 Å². The van der Waals surface area contributed by atoms with Crippen LogP contribution in [0.3, 0.4) is 0 Å². The maximum absolute atomic E-state index is 13.4. The number of fused-ring (bicyclic) bond motifs is 1. The highest BCUT2D eigenvalue weighted by molar-refractivity contribution is 7.13. The van der Waals surface area contributed by atoms with Crippen LogP contribution in [-0.2, 0) is 12.7 Å². The molecule has 0 aliphatic carbocycles. The van der Waals surface area contributed by atoms with Gasteiger partial charge in [-0.15, -0.1) is 11.3 Å². The van der Waals surface area contributed by atoms with Gasteiger partial charge < -0.3 is 14.8 Å². The number of nitrogens with one attached hydrogen (secondary N) is 2. The zero-order valence-corrected chi connectivity index (χ0v) is 25.4. The normalized spacial score (nSPS) is 14.7. The van der Waals surface area contributed by atoms with E-state index < -0.39 is 23.3 Å². The van der Waals surface area contributed by atoms with E-state index in [1.807, 2.05) is 4.57 Å². The number of aromatic nitrogens is 3. The van der Waals surface area contributed by atoms with Gasteiger partial charge in [0.2, 0.25) is 0 Å². The molecule has 0 saturated carbocycles. The largest absolute Gasteiger partial charge is 0.434 e. The summed E-state index contributed by atoms with van der Waals surface area (Å²) in [4.78, 5) is 47.9. The number of thiazole rings is 1. The van der Waals surface area contributed by atoms with Gasteiger partial charge in [-0.2, -0.15) is 13.2 Å². The minimum Gasteiger partial charge on any atom is -0.347 e. The minimum absolute atomic E-state index is 0.0295. The second kappa shape index (κ2) is 12.9. The van der Waals surface area contributed by atoms with Crippen molar-refractivity contribution in [2.24, 2.45) is 5.92 Å². The van der Waals surface area contributed by atoms with Gasteiger partial charge in [-0.25, -0.2) is 14.8 Å². The number of aldehydes is 1. The highest BCUT2D eigenvalue weighted by Gasteiger charge is 2.34. The van der Waals surface area contributed by atoms with Gasteiger partial charge in [0.15, 0.2) is 17.4 Å². The number of aryl methyl sites for hydroxylation is 1. The number of benzene rings is 1. The number of urea groups is 1. The molecular formula is C31H33F3N6O3S. The van der Waals surface area contributed by atoms with Gasteiger partial charge >= 0.3 is 12.2 Å². The average Bonchev–Trinajstić information content (AvgIpc) is 3.48. The summed E-state index contributed by atoms with van der Waals surface area (Å²) in [6.45, 7) is 6.28. The highest BCUT2D eigenvalue weighted by atomic mass is 32.1. The Morgan fingerprint density at radius 2 is 1.93 bits per heavy atom. The predicted molar refractivity (Wildman–Crippen MR) is 165 cm³/mol. The summed E-state index contributed by atoms with van der Waals surface area (Å²) in [5.74, 6) is 0.661. The molecule has 9 nitrogen and oxygen atoms in total. The van der Waals surface area contributed by atoms with E-state index in [0.29, 0.717) is 46.3 Å². The molecule has 0 bridgehead atoms. The first-order chi connectivity index (χ1) is 20.9. The first kappa shape index (κ1) is 31.3. The van der Waals surface area contributed by atoms with Gasteiger partial charge in [0.25, 0.3) is 0 Å². The molecule has 0 radical (unpaired) electrons. The van der Waals surface area contributed by atoms with Crippen LogP contribution in [0.5, 0.6) is 0 Å². The van der Waals surface area contributed by atoms with Crippen LogP contribution >= 0.6 is 11.3 Å². The molecule has 1 aliphatic rings. The number of carbonyl (C=O) groups is 2. The zero-order chi connectivity index (χ0) is 31.6. The first-order valence-electron chi connectivity index (χ1n) is 14.3. The summed E-state index contributed by atoms with van der Waals surface area (Å²) in [7, 11) is 2.11. The lowest BCUT2D eigenvalue weighted by Crippen LogP contribution is -2.34. The van der Waals surface area contributed by atoms with E-state index in [4.69, 9.17) is 0 Å². The van der Waals surface area contributed by atoms with Crippen LogP contribution in [0.15, 0.2) is 46.8 Å². The third-order valence-electron chi connectivity index (χ3n) is 7.75. The van der Waals surface area contributed by atoms with Gasteiger partial charge in [0, 0.05) is 46.9 Å². The summed E-state index contributed by atoms with van der Waals surface area (Å²) < 4.78 is 42.2. The molecule has 0 unspecified atom stereocenters. The first-order valence-corrected chi connectivity index (χ1v) is 15.2. The number of carbonyl (C=O) groups excluding carboxylic acids is 2. The topological polar surface area (TPSA) is 109 Å². The number of hydrogen-bond donors (Lipinski definition) is 2. The molecule has 1 aromatic carbocycles. The Morgan fingerprint density at radius 1 is 1.18 bits per heavy atom. The minimum atomic E-state index is -4.63. The van der Waals surface area contributed by atoms with Gasteiger partial charge in [-0.05, 0) is 82.9 Å². The molecule has 5 rings (SSSR count). The van der Waals surface area contributed by atoms with E-state index in [2.05, 4.69) is 32.5 Å². The number of likely N-dealkylation sites (tertiary alicyclic amines) is 1. The maximum atomic E-state index is 13.4. The number of hydrogen-bond acceptors (Lipinski definition) is 7.